The van der Waals surface area contributed by atoms with E-state index in [-0.39, 0.29) is 6.09 Å². The Morgan fingerprint density at radius 1 is 1.20 bits per heavy atom. The molecule has 3 heteroatoms. The molecule has 82 valence electrons. The van der Waals surface area contributed by atoms with Gasteiger partial charge in [0.05, 0.1) is 12.8 Å². The summed E-state index contributed by atoms with van der Waals surface area (Å²) in [6.07, 6.45) is -0.343. The number of nitrogens with zero attached hydrogens (tertiary/aromatic N) is 1. The summed E-state index contributed by atoms with van der Waals surface area (Å²) in [7, 11) is 3.11. The Morgan fingerprint density at radius 2 is 1.67 bits per heavy atom. The highest BCUT2D eigenvalue weighted by Crippen LogP contribution is 2.25. The van der Waals surface area contributed by atoms with Crippen molar-refractivity contribution in [2.24, 2.45) is 0 Å². The molecule has 1 rings (SSSR count). The fraction of sp³-hybridized carbons (Fsp3) is 0.417. The molecule has 3 nitrogen and oxygen atoms in total. The lowest BCUT2D eigenvalue weighted by atomic mass is 10.0. The zero-order valence-electron chi connectivity index (χ0n) is 9.92. The van der Waals surface area contributed by atoms with E-state index in [4.69, 9.17) is 4.74 Å². The van der Waals surface area contributed by atoms with Crippen LogP contribution in [0.2, 0.25) is 0 Å². The third-order valence-corrected chi connectivity index (χ3v) is 2.42. The Morgan fingerprint density at radius 3 is 2.07 bits per heavy atom. The average molecular weight is 207 g/mol. The fourth-order valence-corrected chi connectivity index (χ4v) is 1.93. The van der Waals surface area contributed by atoms with Crippen molar-refractivity contribution in [2.45, 2.75) is 20.8 Å². The van der Waals surface area contributed by atoms with Crippen molar-refractivity contribution in [3.05, 3.63) is 28.8 Å². The van der Waals surface area contributed by atoms with Gasteiger partial charge < -0.3 is 4.74 Å². The molecule has 1 amide bonds. The Balaban J connectivity index is 3.19. The highest BCUT2D eigenvalue weighted by Gasteiger charge is 2.15. The number of carbonyl (C=O) groups is 1. The summed E-state index contributed by atoms with van der Waals surface area (Å²) in [5, 5.41) is 0. The number of anilines is 1. The molecular formula is C12H17NO2. The second-order valence-electron chi connectivity index (χ2n) is 3.78. The Kier molecular flexibility index (Phi) is 3.35. The number of benzene rings is 1. The molecule has 1 aromatic rings. The molecule has 0 N–H and O–H groups in total. The van der Waals surface area contributed by atoms with Crippen LogP contribution in [0, 0.1) is 20.8 Å². The first-order chi connectivity index (χ1) is 6.97. The highest BCUT2D eigenvalue weighted by molar-refractivity contribution is 5.89. The molecule has 0 heterocycles. The van der Waals surface area contributed by atoms with Gasteiger partial charge in [-0.15, -0.1) is 0 Å². The predicted molar refractivity (Wildman–Crippen MR) is 61.5 cm³/mol. The van der Waals surface area contributed by atoms with Crippen LogP contribution in [0.25, 0.3) is 0 Å². The lowest BCUT2D eigenvalue weighted by molar-refractivity contribution is 0.180. The second kappa shape index (κ2) is 4.34. The van der Waals surface area contributed by atoms with Crippen molar-refractivity contribution in [3.63, 3.8) is 0 Å². The average Bonchev–Trinajstić information content (AvgIpc) is 2.14. The van der Waals surface area contributed by atoms with Gasteiger partial charge in [0.2, 0.25) is 0 Å². The summed E-state index contributed by atoms with van der Waals surface area (Å²) in [6.45, 7) is 6.03. The van der Waals surface area contributed by atoms with Crippen molar-refractivity contribution >= 4 is 11.8 Å². The number of ether oxygens (including phenoxy) is 1. The predicted octanol–water partition coefficient (Wildman–Crippen LogP) is 2.81. The summed E-state index contributed by atoms with van der Waals surface area (Å²) >= 11 is 0. The summed E-state index contributed by atoms with van der Waals surface area (Å²) in [5.74, 6) is 0. The summed E-state index contributed by atoms with van der Waals surface area (Å²) in [6, 6.07) is 4.11. The second-order valence-corrected chi connectivity index (χ2v) is 3.78. The lowest BCUT2D eigenvalue weighted by Gasteiger charge is -2.20. The van der Waals surface area contributed by atoms with Crippen molar-refractivity contribution in [1.29, 1.82) is 0 Å². The van der Waals surface area contributed by atoms with Crippen molar-refractivity contribution < 1.29 is 9.53 Å². The Labute approximate surface area is 90.7 Å². The van der Waals surface area contributed by atoms with Gasteiger partial charge in [-0.05, 0) is 31.9 Å². The number of methoxy groups -OCH3 is 1. The molecule has 0 bridgehead atoms. The Bertz CT molecular complexity index is 362. The molecule has 15 heavy (non-hydrogen) atoms. The van der Waals surface area contributed by atoms with Crippen LogP contribution < -0.4 is 4.90 Å². The van der Waals surface area contributed by atoms with E-state index < -0.39 is 0 Å². The first kappa shape index (κ1) is 11.6. The molecule has 0 fully saturated rings. The summed E-state index contributed by atoms with van der Waals surface area (Å²) in [5.41, 5.74) is 4.29. The highest BCUT2D eigenvalue weighted by atomic mass is 16.5. The van der Waals surface area contributed by atoms with Crippen LogP contribution in [0.3, 0.4) is 0 Å². The van der Waals surface area contributed by atoms with Gasteiger partial charge in [0, 0.05) is 7.05 Å². The summed E-state index contributed by atoms with van der Waals surface area (Å²) in [4.78, 5) is 12.9. The van der Waals surface area contributed by atoms with E-state index in [9.17, 15) is 4.79 Å². The monoisotopic (exact) mass is 207 g/mol. The van der Waals surface area contributed by atoms with Crippen LogP contribution in [-0.2, 0) is 4.74 Å². The van der Waals surface area contributed by atoms with Gasteiger partial charge in [0.1, 0.15) is 0 Å². The maximum atomic E-state index is 11.4. The van der Waals surface area contributed by atoms with E-state index >= 15 is 0 Å². The summed E-state index contributed by atoms with van der Waals surface area (Å²) < 4.78 is 4.69. The van der Waals surface area contributed by atoms with Crippen molar-refractivity contribution in [1.82, 2.24) is 0 Å². The normalized spacial score (nSPS) is 9.93. The van der Waals surface area contributed by atoms with Crippen molar-refractivity contribution in [2.75, 3.05) is 19.1 Å². The molecule has 0 atom stereocenters. The van der Waals surface area contributed by atoms with E-state index in [0.29, 0.717) is 0 Å². The van der Waals surface area contributed by atoms with E-state index in [0.717, 1.165) is 16.8 Å². The number of amides is 1. The smallest absolute Gasteiger partial charge is 0.413 e. The van der Waals surface area contributed by atoms with Crippen LogP contribution in [0.1, 0.15) is 16.7 Å². The van der Waals surface area contributed by atoms with E-state index in [2.05, 4.69) is 12.1 Å². The maximum Gasteiger partial charge on any atom is 0.413 e. The number of carbonyl (C=O) groups excluding carboxylic acids is 1. The third-order valence-electron chi connectivity index (χ3n) is 2.42. The van der Waals surface area contributed by atoms with E-state index in [1.54, 1.807) is 7.05 Å². The molecule has 0 aliphatic carbocycles. The molecule has 0 aliphatic rings. The molecule has 0 aromatic heterocycles. The molecule has 0 spiro atoms. The van der Waals surface area contributed by atoms with Crippen LogP contribution in [-0.4, -0.2) is 20.3 Å². The number of hydrogen-bond donors (Lipinski definition) is 0. The molecule has 1 aromatic carbocycles. The number of aryl methyl sites for hydroxylation is 3. The topological polar surface area (TPSA) is 29.5 Å². The van der Waals surface area contributed by atoms with Gasteiger partial charge in [-0.25, -0.2) is 4.79 Å². The van der Waals surface area contributed by atoms with Gasteiger partial charge in [-0.2, -0.15) is 0 Å². The van der Waals surface area contributed by atoms with Gasteiger partial charge in [0.15, 0.2) is 0 Å². The lowest BCUT2D eigenvalue weighted by Crippen LogP contribution is -2.27. The standard InChI is InChI=1S/C12H17NO2/c1-8-6-9(2)11(10(3)7-8)13(4)12(14)15-5/h6-7H,1-5H3. The zero-order valence-corrected chi connectivity index (χ0v) is 9.92. The van der Waals surface area contributed by atoms with Gasteiger partial charge in [0.25, 0.3) is 0 Å². The Hall–Kier alpha value is -1.51. The molecule has 0 aliphatic heterocycles. The van der Waals surface area contributed by atoms with Gasteiger partial charge in [-0.3, -0.25) is 4.90 Å². The van der Waals surface area contributed by atoms with E-state index in [1.807, 2.05) is 20.8 Å². The molecule has 0 saturated carbocycles. The number of hydrogen-bond acceptors (Lipinski definition) is 2. The SMILES string of the molecule is COC(=O)N(C)c1c(C)cc(C)cc1C. The van der Waals surface area contributed by atoms with E-state index in [1.165, 1.54) is 17.6 Å². The van der Waals surface area contributed by atoms with Crippen LogP contribution in [0.15, 0.2) is 12.1 Å². The van der Waals surface area contributed by atoms with Gasteiger partial charge in [-0.1, -0.05) is 17.7 Å². The first-order valence-corrected chi connectivity index (χ1v) is 4.87. The van der Waals surface area contributed by atoms with Crippen LogP contribution >= 0.6 is 0 Å². The number of rotatable bonds is 1. The molecular weight excluding hydrogens is 190 g/mol. The van der Waals surface area contributed by atoms with Crippen LogP contribution in [0.4, 0.5) is 10.5 Å². The van der Waals surface area contributed by atoms with Crippen LogP contribution in [0.5, 0.6) is 0 Å². The first-order valence-electron chi connectivity index (χ1n) is 4.87. The third kappa shape index (κ3) is 2.29. The van der Waals surface area contributed by atoms with Crippen molar-refractivity contribution in [3.8, 4) is 0 Å². The largest absolute Gasteiger partial charge is 0.452 e. The molecule has 0 radical (unpaired) electrons. The quantitative estimate of drug-likeness (QED) is 0.708. The molecule has 0 saturated heterocycles. The minimum atomic E-state index is -0.343. The zero-order chi connectivity index (χ0) is 11.6. The fourth-order valence-electron chi connectivity index (χ4n) is 1.93. The maximum absolute atomic E-state index is 11.4. The molecule has 0 unspecified atom stereocenters. The minimum Gasteiger partial charge on any atom is -0.452 e. The minimum absolute atomic E-state index is 0.343. The van der Waals surface area contributed by atoms with Gasteiger partial charge >= 0.3 is 6.09 Å².